The smallest absolute Gasteiger partial charge is 0.305 e. The fourth-order valence-corrected chi connectivity index (χ4v) is 3.48. The first kappa shape index (κ1) is 19.6. The number of amides is 1. The van der Waals surface area contributed by atoms with Gasteiger partial charge in [0, 0.05) is 19.5 Å². The minimum absolute atomic E-state index is 0.0897. The fourth-order valence-electron chi connectivity index (χ4n) is 2.19. The van der Waals surface area contributed by atoms with Crippen molar-refractivity contribution in [2.75, 3.05) is 33.8 Å². The SMILES string of the molecule is CN(C)CCOC(=O)CCCN1C(=O)S/C(=C/c2ccccc2)C1=S. The van der Waals surface area contributed by atoms with Crippen LogP contribution < -0.4 is 0 Å². The number of likely N-dealkylation sites (N-methyl/N-ethyl adjacent to an activating group) is 1. The van der Waals surface area contributed by atoms with Gasteiger partial charge in [-0.25, -0.2) is 0 Å². The predicted octanol–water partition coefficient (Wildman–Crippen LogP) is 3.41. The predicted molar refractivity (Wildman–Crippen MR) is 105 cm³/mol. The molecule has 0 aromatic heterocycles. The Morgan fingerprint density at radius 1 is 1.32 bits per heavy atom. The van der Waals surface area contributed by atoms with Gasteiger partial charge in [0.25, 0.3) is 5.24 Å². The van der Waals surface area contributed by atoms with Gasteiger partial charge in [-0.05, 0) is 43.9 Å². The molecule has 1 aliphatic rings. The van der Waals surface area contributed by atoms with Crippen molar-refractivity contribution >= 4 is 46.3 Å². The zero-order chi connectivity index (χ0) is 18.2. The summed E-state index contributed by atoms with van der Waals surface area (Å²) in [4.78, 5) is 28.6. The summed E-state index contributed by atoms with van der Waals surface area (Å²) in [5.41, 5.74) is 1.01. The van der Waals surface area contributed by atoms with Gasteiger partial charge < -0.3 is 9.64 Å². The van der Waals surface area contributed by atoms with E-state index in [1.54, 1.807) is 4.90 Å². The highest BCUT2D eigenvalue weighted by atomic mass is 32.2. The van der Waals surface area contributed by atoms with E-state index in [1.165, 1.54) is 0 Å². The zero-order valence-electron chi connectivity index (χ0n) is 14.4. The summed E-state index contributed by atoms with van der Waals surface area (Å²) in [7, 11) is 3.85. The van der Waals surface area contributed by atoms with E-state index in [2.05, 4.69) is 0 Å². The molecule has 0 atom stereocenters. The van der Waals surface area contributed by atoms with Gasteiger partial charge in [-0.15, -0.1) is 0 Å². The molecule has 1 fully saturated rings. The van der Waals surface area contributed by atoms with Gasteiger partial charge in [0.1, 0.15) is 11.6 Å². The number of thiocarbonyl (C=S) groups is 1. The topological polar surface area (TPSA) is 49.9 Å². The first-order valence-corrected chi connectivity index (χ1v) is 9.30. The monoisotopic (exact) mass is 378 g/mol. The van der Waals surface area contributed by atoms with Gasteiger partial charge in [-0.3, -0.25) is 14.5 Å². The van der Waals surface area contributed by atoms with Crippen LogP contribution in [0.25, 0.3) is 6.08 Å². The number of hydrogen-bond donors (Lipinski definition) is 0. The molecule has 1 heterocycles. The number of ether oxygens (including phenoxy) is 1. The van der Waals surface area contributed by atoms with Crippen molar-refractivity contribution in [1.29, 1.82) is 0 Å². The van der Waals surface area contributed by atoms with Crippen molar-refractivity contribution in [3.8, 4) is 0 Å². The maximum Gasteiger partial charge on any atom is 0.305 e. The van der Waals surface area contributed by atoms with E-state index in [0.29, 0.717) is 31.1 Å². The molecule has 5 nitrogen and oxygen atoms in total. The van der Waals surface area contributed by atoms with Crippen molar-refractivity contribution in [3.05, 3.63) is 40.8 Å². The summed E-state index contributed by atoms with van der Waals surface area (Å²) < 4.78 is 5.14. The molecule has 1 aromatic rings. The van der Waals surface area contributed by atoms with E-state index in [1.807, 2.05) is 55.4 Å². The second kappa shape index (κ2) is 9.70. The Kier molecular flexibility index (Phi) is 7.61. The van der Waals surface area contributed by atoms with Crippen molar-refractivity contribution in [1.82, 2.24) is 9.80 Å². The summed E-state index contributed by atoms with van der Waals surface area (Å²) in [6.07, 6.45) is 2.73. The number of thioether (sulfide) groups is 1. The van der Waals surface area contributed by atoms with Crippen molar-refractivity contribution in [2.45, 2.75) is 12.8 Å². The van der Waals surface area contributed by atoms with E-state index in [0.717, 1.165) is 22.2 Å². The van der Waals surface area contributed by atoms with E-state index in [-0.39, 0.29) is 17.6 Å². The minimum Gasteiger partial charge on any atom is -0.464 e. The van der Waals surface area contributed by atoms with Crippen LogP contribution in [-0.2, 0) is 9.53 Å². The van der Waals surface area contributed by atoms with Crippen LogP contribution in [0.4, 0.5) is 4.79 Å². The van der Waals surface area contributed by atoms with Crippen LogP contribution in [0, 0.1) is 0 Å². The van der Waals surface area contributed by atoms with E-state index < -0.39 is 0 Å². The molecule has 1 aliphatic heterocycles. The minimum atomic E-state index is -0.243. The molecule has 1 amide bonds. The van der Waals surface area contributed by atoms with Crippen LogP contribution in [0.3, 0.4) is 0 Å². The number of esters is 1. The highest BCUT2D eigenvalue weighted by molar-refractivity contribution is 8.19. The lowest BCUT2D eigenvalue weighted by Crippen LogP contribution is -2.28. The van der Waals surface area contributed by atoms with Crippen molar-refractivity contribution in [2.24, 2.45) is 0 Å². The molecule has 0 bridgehead atoms. The van der Waals surface area contributed by atoms with Crippen LogP contribution in [0.1, 0.15) is 18.4 Å². The third-order valence-electron chi connectivity index (χ3n) is 3.54. The van der Waals surface area contributed by atoms with Crippen LogP contribution >= 0.6 is 24.0 Å². The number of carbonyl (C=O) groups is 2. The largest absolute Gasteiger partial charge is 0.464 e. The zero-order valence-corrected chi connectivity index (χ0v) is 16.1. The Morgan fingerprint density at radius 3 is 2.72 bits per heavy atom. The molecule has 0 N–H and O–H groups in total. The van der Waals surface area contributed by atoms with Crippen molar-refractivity contribution in [3.63, 3.8) is 0 Å². The van der Waals surface area contributed by atoms with Gasteiger partial charge in [-0.1, -0.05) is 42.5 Å². The van der Waals surface area contributed by atoms with Crippen LogP contribution in [0.15, 0.2) is 35.2 Å². The number of carbonyl (C=O) groups excluding carboxylic acids is 2. The van der Waals surface area contributed by atoms with Crippen LogP contribution in [0.2, 0.25) is 0 Å². The maximum absolute atomic E-state index is 12.1. The standard InChI is InChI=1S/C18H22N2O3S2/c1-19(2)11-12-23-16(21)9-6-10-20-17(24)15(25-18(20)22)13-14-7-4-3-5-8-14/h3-5,7-8,13H,6,9-12H2,1-2H3/b15-13+. The second-order valence-electron chi connectivity index (χ2n) is 5.87. The summed E-state index contributed by atoms with van der Waals surface area (Å²) in [6, 6.07) is 9.75. The highest BCUT2D eigenvalue weighted by Gasteiger charge is 2.31. The summed E-state index contributed by atoms with van der Waals surface area (Å²) >= 11 is 6.55. The molecule has 25 heavy (non-hydrogen) atoms. The van der Waals surface area contributed by atoms with Crippen LogP contribution in [0.5, 0.6) is 0 Å². The Balaban J connectivity index is 1.81. The molecule has 2 rings (SSSR count). The molecule has 1 aromatic carbocycles. The summed E-state index contributed by atoms with van der Waals surface area (Å²) in [6.45, 7) is 1.51. The number of nitrogens with zero attached hydrogens (tertiary/aromatic N) is 2. The Morgan fingerprint density at radius 2 is 2.04 bits per heavy atom. The summed E-state index contributed by atoms with van der Waals surface area (Å²) in [5, 5.41) is -0.0897. The Bertz CT molecular complexity index is 660. The number of hydrogen-bond acceptors (Lipinski definition) is 6. The van der Waals surface area contributed by atoms with Crippen LogP contribution in [-0.4, -0.2) is 59.8 Å². The number of rotatable bonds is 8. The lowest BCUT2D eigenvalue weighted by Gasteiger charge is -2.14. The van der Waals surface area contributed by atoms with Gasteiger partial charge in [-0.2, -0.15) is 0 Å². The van der Waals surface area contributed by atoms with Crippen molar-refractivity contribution < 1.29 is 14.3 Å². The lowest BCUT2D eigenvalue weighted by molar-refractivity contribution is -0.144. The third-order valence-corrected chi connectivity index (χ3v) is 5.03. The maximum atomic E-state index is 12.1. The third kappa shape index (κ3) is 6.26. The molecule has 0 radical (unpaired) electrons. The van der Waals surface area contributed by atoms with Gasteiger partial charge in [0.15, 0.2) is 0 Å². The molecule has 1 saturated heterocycles. The average molecular weight is 379 g/mol. The lowest BCUT2D eigenvalue weighted by atomic mass is 10.2. The molecular formula is C18H22N2O3S2. The molecule has 0 saturated carbocycles. The van der Waals surface area contributed by atoms with Gasteiger partial charge in [0.2, 0.25) is 0 Å². The average Bonchev–Trinajstić information content (AvgIpc) is 2.83. The quantitative estimate of drug-likeness (QED) is 0.393. The second-order valence-corrected chi connectivity index (χ2v) is 7.25. The molecule has 0 spiro atoms. The molecule has 0 aliphatic carbocycles. The fraction of sp³-hybridized carbons (Fsp3) is 0.389. The normalized spacial score (nSPS) is 16.1. The van der Waals surface area contributed by atoms with E-state index >= 15 is 0 Å². The molecule has 0 unspecified atom stereocenters. The summed E-state index contributed by atoms with van der Waals surface area (Å²) in [5.74, 6) is -0.243. The Labute approximate surface area is 158 Å². The molecule has 134 valence electrons. The van der Waals surface area contributed by atoms with Gasteiger partial charge in [0.05, 0.1) is 4.91 Å². The first-order valence-electron chi connectivity index (χ1n) is 8.08. The van der Waals surface area contributed by atoms with E-state index in [9.17, 15) is 9.59 Å². The highest BCUT2D eigenvalue weighted by Crippen LogP contribution is 2.33. The molecular weight excluding hydrogens is 356 g/mol. The number of benzene rings is 1. The van der Waals surface area contributed by atoms with Gasteiger partial charge >= 0.3 is 5.97 Å². The first-order chi connectivity index (χ1) is 12.0. The Hall–Kier alpha value is -1.70. The van der Waals surface area contributed by atoms with E-state index in [4.69, 9.17) is 17.0 Å². The molecule has 7 heteroatoms.